The first-order valence-electron chi connectivity index (χ1n) is 18.0. The fraction of sp³-hybridized carbons (Fsp3) is 0. The fourth-order valence-electron chi connectivity index (χ4n) is 7.70. The molecule has 0 aliphatic carbocycles. The number of hydrogen-bond acceptors (Lipinski definition) is 5. The van der Waals surface area contributed by atoms with Gasteiger partial charge in [0.05, 0.1) is 20.6 Å². The predicted molar refractivity (Wildman–Crippen MR) is 236 cm³/mol. The zero-order chi connectivity index (χ0) is 35.6. The number of anilines is 3. The van der Waals surface area contributed by atoms with Crippen molar-refractivity contribution in [3.8, 4) is 32.8 Å². The Morgan fingerprint density at radius 1 is 0.370 bits per heavy atom. The average molecular weight is 743 g/mol. The van der Waals surface area contributed by atoms with Crippen LogP contribution in [0.5, 0.6) is 0 Å². The Kier molecular flexibility index (Phi) is 7.44. The van der Waals surface area contributed by atoms with Crippen LogP contribution in [-0.4, -0.2) is 4.98 Å². The summed E-state index contributed by atoms with van der Waals surface area (Å²) < 4.78 is 6.46. The molecule has 0 spiro atoms. The summed E-state index contributed by atoms with van der Waals surface area (Å²) in [5, 5.41) is 6.28. The SMILES string of the molecule is c1ccc(-c2ccc(N(c3ccc(-c4ccc5c(c4)sc4ccc6nc(-c7ccccc7)sc6c45)cc3)c3cccc4c3sc3ccccc34)cc2)cc1. The second-order valence-corrected chi connectivity index (χ2v) is 16.7. The lowest BCUT2D eigenvalue weighted by Gasteiger charge is -2.26. The van der Waals surface area contributed by atoms with Crippen LogP contribution in [0.15, 0.2) is 182 Å². The van der Waals surface area contributed by atoms with Gasteiger partial charge in [0.15, 0.2) is 0 Å². The first-order valence-corrected chi connectivity index (χ1v) is 20.5. The standard InChI is InChI=1S/C49H30N2S3/c1-3-10-31(11-4-1)32-18-23-36(24-19-32)51(42-16-9-15-39-38-14-7-8-17-43(38)53-47(39)42)37-25-20-33(21-26-37)35-22-27-40-45(30-35)52-44-29-28-41-48(46(40)44)54-49(50-41)34-12-5-2-6-13-34/h1-30H. The molecular formula is C49H30N2S3. The quantitative estimate of drug-likeness (QED) is 0.169. The summed E-state index contributed by atoms with van der Waals surface area (Å²) in [7, 11) is 0. The number of hydrogen-bond donors (Lipinski definition) is 0. The zero-order valence-electron chi connectivity index (χ0n) is 28.9. The topological polar surface area (TPSA) is 16.1 Å². The van der Waals surface area contributed by atoms with Gasteiger partial charge in [-0.05, 0) is 76.9 Å². The lowest BCUT2D eigenvalue weighted by Crippen LogP contribution is -2.10. The average Bonchev–Trinajstić information content (AvgIpc) is 3.96. The van der Waals surface area contributed by atoms with E-state index >= 15 is 0 Å². The third-order valence-electron chi connectivity index (χ3n) is 10.3. The van der Waals surface area contributed by atoms with Crippen molar-refractivity contribution in [1.82, 2.24) is 4.98 Å². The van der Waals surface area contributed by atoms with Crippen molar-refractivity contribution >= 4 is 102 Å². The van der Waals surface area contributed by atoms with E-state index in [0.29, 0.717) is 0 Å². The lowest BCUT2D eigenvalue weighted by atomic mass is 10.0. The molecule has 3 heterocycles. The molecule has 0 unspecified atom stereocenters. The Morgan fingerprint density at radius 3 is 1.76 bits per heavy atom. The second-order valence-electron chi connectivity index (χ2n) is 13.5. The van der Waals surface area contributed by atoms with Gasteiger partial charge in [0.25, 0.3) is 0 Å². The summed E-state index contributed by atoms with van der Waals surface area (Å²) in [5.41, 5.74) is 10.5. The monoisotopic (exact) mass is 742 g/mol. The van der Waals surface area contributed by atoms with E-state index in [1.54, 1.807) is 11.3 Å². The first-order chi connectivity index (χ1) is 26.7. The molecule has 0 fully saturated rings. The van der Waals surface area contributed by atoms with Gasteiger partial charge in [-0.15, -0.1) is 34.0 Å². The van der Waals surface area contributed by atoms with Crippen LogP contribution < -0.4 is 4.90 Å². The van der Waals surface area contributed by atoms with Gasteiger partial charge in [0.1, 0.15) is 5.01 Å². The van der Waals surface area contributed by atoms with Gasteiger partial charge in [-0.1, -0.05) is 127 Å². The van der Waals surface area contributed by atoms with Crippen LogP contribution in [0.4, 0.5) is 17.1 Å². The van der Waals surface area contributed by atoms with E-state index in [4.69, 9.17) is 4.98 Å². The highest BCUT2D eigenvalue weighted by molar-refractivity contribution is 7.28. The van der Waals surface area contributed by atoms with Crippen molar-refractivity contribution in [1.29, 1.82) is 0 Å². The summed E-state index contributed by atoms with van der Waals surface area (Å²) >= 11 is 5.53. The third kappa shape index (κ3) is 5.24. The summed E-state index contributed by atoms with van der Waals surface area (Å²) in [5.74, 6) is 0. The number of fused-ring (bicyclic) bond motifs is 8. The van der Waals surface area contributed by atoms with E-state index in [-0.39, 0.29) is 0 Å². The number of rotatable bonds is 6. The van der Waals surface area contributed by atoms with Gasteiger partial charge in [-0.3, -0.25) is 0 Å². The summed E-state index contributed by atoms with van der Waals surface area (Å²) in [6.07, 6.45) is 0. The summed E-state index contributed by atoms with van der Waals surface area (Å²) in [6, 6.07) is 66.0. The molecule has 0 bridgehead atoms. The van der Waals surface area contributed by atoms with Gasteiger partial charge in [-0.25, -0.2) is 4.98 Å². The minimum Gasteiger partial charge on any atom is -0.309 e. The Bertz CT molecular complexity index is 3140. The highest BCUT2D eigenvalue weighted by Crippen LogP contribution is 2.46. The fourth-order valence-corrected chi connectivity index (χ4v) is 11.3. The van der Waals surface area contributed by atoms with Gasteiger partial charge in [0, 0.05) is 52.6 Å². The molecule has 0 amide bonds. The summed E-state index contributed by atoms with van der Waals surface area (Å²) in [4.78, 5) is 7.43. The van der Waals surface area contributed by atoms with Gasteiger partial charge in [0.2, 0.25) is 0 Å². The van der Waals surface area contributed by atoms with E-state index in [1.807, 2.05) is 22.7 Å². The Balaban J connectivity index is 0.997. The molecule has 0 saturated heterocycles. The first kappa shape index (κ1) is 31.4. The van der Waals surface area contributed by atoms with Crippen molar-refractivity contribution in [3.63, 3.8) is 0 Å². The largest absolute Gasteiger partial charge is 0.309 e. The molecule has 0 aliphatic rings. The molecule has 0 radical (unpaired) electrons. The minimum absolute atomic E-state index is 1.07. The zero-order valence-corrected chi connectivity index (χ0v) is 31.4. The number of nitrogens with zero attached hydrogens (tertiary/aromatic N) is 2. The number of thiophene rings is 2. The van der Waals surface area contributed by atoms with Gasteiger partial charge < -0.3 is 4.90 Å². The Labute approximate surface area is 324 Å². The second kappa shape index (κ2) is 12.8. The molecular weight excluding hydrogens is 713 g/mol. The Morgan fingerprint density at radius 2 is 1.00 bits per heavy atom. The predicted octanol–water partition coefficient (Wildman–Crippen LogP) is 15.5. The van der Waals surface area contributed by atoms with E-state index < -0.39 is 0 Å². The van der Waals surface area contributed by atoms with Crippen molar-refractivity contribution < 1.29 is 0 Å². The number of aromatic nitrogens is 1. The van der Waals surface area contributed by atoms with Crippen LogP contribution in [0.25, 0.3) is 83.4 Å². The van der Waals surface area contributed by atoms with Crippen molar-refractivity contribution in [2.75, 3.05) is 4.90 Å². The van der Waals surface area contributed by atoms with Crippen molar-refractivity contribution in [2.45, 2.75) is 0 Å². The highest BCUT2D eigenvalue weighted by Gasteiger charge is 2.19. The van der Waals surface area contributed by atoms with Gasteiger partial charge in [-0.2, -0.15) is 0 Å². The number of thiazole rings is 1. The molecule has 11 rings (SSSR count). The Hall–Kier alpha value is -6.11. The molecule has 11 aromatic rings. The van der Waals surface area contributed by atoms with Crippen LogP contribution in [0.1, 0.15) is 0 Å². The molecule has 0 saturated carbocycles. The van der Waals surface area contributed by atoms with E-state index in [1.165, 1.54) is 78.5 Å². The molecule has 0 atom stereocenters. The summed E-state index contributed by atoms with van der Waals surface area (Å²) in [6.45, 7) is 0. The molecule has 8 aromatic carbocycles. The minimum atomic E-state index is 1.07. The van der Waals surface area contributed by atoms with Crippen LogP contribution in [0, 0.1) is 0 Å². The smallest absolute Gasteiger partial charge is 0.124 e. The molecule has 2 nitrogen and oxygen atoms in total. The van der Waals surface area contributed by atoms with Crippen LogP contribution in [0.2, 0.25) is 0 Å². The van der Waals surface area contributed by atoms with E-state index in [2.05, 4.69) is 187 Å². The van der Waals surface area contributed by atoms with Gasteiger partial charge >= 0.3 is 0 Å². The highest BCUT2D eigenvalue weighted by atomic mass is 32.1. The molecule has 54 heavy (non-hydrogen) atoms. The number of benzene rings is 8. The van der Waals surface area contributed by atoms with Crippen molar-refractivity contribution in [3.05, 3.63) is 182 Å². The van der Waals surface area contributed by atoms with Crippen LogP contribution in [-0.2, 0) is 0 Å². The van der Waals surface area contributed by atoms with E-state index in [0.717, 1.165) is 21.9 Å². The normalized spacial score (nSPS) is 11.7. The molecule has 0 aliphatic heterocycles. The molecule has 254 valence electrons. The maximum absolute atomic E-state index is 5.02. The van der Waals surface area contributed by atoms with Crippen molar-refractivity contribution in [2.24, 2.45) is 0 Å². The maximum atomic E-state index is 5.02. The maximum Gasteiger partial charge on any atom is 0.124 e. The lowest BCUT2D eigenvalue weighted by molar-refractivity contribution is 1.30. The molecule has 0 N–H and O–H groups in total. The van der Waals surface area contributed by atoms with E-state index in [9.17, 15) is 0 Å². The molecule has 3 aromatic heterocycles. The third-order valence-corrected chi connectivity index (χ3v) is 13.8. The molecule has 5 heteroatoms. The van der Waals surface area contributed by atoms with Crippen LogP contribution >= 0.6 is 34.0 Å². The van der Waals surface area contributed by atoms with Crippen LogP contribution in [0.3, 0.4) is 0 Å².